The first-order chi connectivity index (χ1) is 7.93. The fourth-order valence-corrected chi connectivity index (χ4v) is 3.20. The van der Waals surface area contributed by atoms with Gasteiger partial charge < -0.3 is 15.7 Å². The molecule has 0 aromatic heterocycles. The molecule has 17 heavy (non-hydrogen) atoms. The monoisotopic (exact) mass is 240 g/mol. The summed E-state index contributed by atoms with van der Waals surface area (Å²) in [5.41, 5.74) is 5.64. The summed E-state index contributed by atoms with van der Waals surface area (Å²) in [7, 11) is 0. The number of likely N-dealkylation sites (tertiary alicyclic amines) is 1. The third-order valence-electron chi connectivity index (χ3n) is 4.19. The van der Waals surface area contributed by atoms with Crippen molar-refractivity contribution < 1.29 is 14.7 Å². The number of carboxylic acid groups (broad SMARTS) is 1. The second kappa shape index (κ2) is 4.29. The maximum Gasteiger partial charge on any atom is 0.306 e. The number of rotatable bonds is 2. The van der Waals surface area contributed by atoms with Crippen molar-refractivity contribution in [1.82, 2.24) is 4.90 Å². The maximum absolute atomic E-state index is 11.8. The van der Waals surface area contributed by atoms with Gasteiger partial charge in [0.25, 0.3) is 0 Å². The minimum absolute atomic E-state index is 0.0133. The molecule has 0 radical (unpaired) electrons. The number of hydrogen-bond acceptors (Lipinski definition) is 3. The molecule has 1 amide bonds. The molecule has 0 aromatic rings. The van der Waals surface area contributed by atoms with E-state index in [4.69, 9.17) is 10.8 Å². The number of amides is 1. The summed E-state index contributed by atoms with van der Waals surface area (Å²) in [4.78, 5) is 24.6. The number of nitrogens with zero attached hydrogens (tertiary/aromatic N) is 1. The van der Waals surface area contributed by atoms with Gasteiger partial charge in [0.1, 0.15) is 0 Å². The lowest BCUT2D eigenvalue weighted by Crippen LogP contribution is -2.41. The van der Waals surface area contributed by atoms with Gasteiger partial charge in [-0.05, 0) is 38.0 Å². The average Bonchev–Trinajstić information content (AvgIpc) is 2.86. The maximum atomic E-state index is 11.8. The fraction of sp³-hybridized carbons (Fsp3) is 0.833. The van der Waals surface area contributed by atoms with Crippen LogP contribution in [0.4, 0.5) is 0 Å². The Morgan fingerprint density at radius 1 is 1.47 bits per heavy atom. The van der Waals surface area contributed by atoms with E-state index in [0.29, 0.717) is 13.0 Å². The van der Waals surface area contributed by atoms with E-state index in [9.17, 15) is 9.59 Å². The molecule has 0 aromatic carbocycles. The van der Waals surface area contributed by atoms with Crippen LogP contribution in [0.3, 0.4) is 0 Å². The van der Waals surface area contributed by atoms with Crippen molar-refractivity contribution in [3.8, 4) is 0 Å². The number of carbonyl (C=O) groups is 2. The summed E-state index contributed by atoms with van der Waals surface area (Å²) >= 11 is 0. The molecule has 2 fully saturated rings. The van der Waals surface area contributed by atoms with Crippen molar-refractivity contribution >= 4 is 11.9 Å². The molecule has 96 valence electrons. The van der Waals surface area contributed by atoms with Crippen LogP contribution >= 0.6 is 0 Å². The normalized spacial score (nSPS) is 34.2. The summed E-state index contributed by atoms with van der Waals surface area (Å²) in [6, 6.07) is -0.457. The zero-order valence-corrected chi connectivity index (χ0v) is 10.2. The quantitative estimate of drug-likeness (QED) is 0.733. The van der Waals surface area contributed by atoms with Crippen LogP contribution in [-0.2, 0) is 9.59 Å². The Morgan fingerprint density at radius 3 is 2.71 bits per heavy atom. The van der Waals surface area contributed by atoms with E-state index >= 15 is 0 Å². The van der Waals surface area contributed by atoms with E-state index in [1.807, 2.05) is 0 Å². The highest BCUT2D eigenvalue weighted by Gasteiger charge is 2.47. The number of carboxylic acids is 1. The second-order valence-corrected chi connectivity index (χ2v) is 5.58. The molecule has 1 spiro atoms. The summed E-state index contributed by atoms with van der Waals surface area (Å²) < 4.78 is 0. The minimum atomic E-state index is -0.696. The van der Waals surface area contributed by atoms with Crippen LogP contribution in [0.5, 0.6) is 0 Å². The van der Waals surface area contributed by atoms with Crippen LogP contribution < -0.4 is 5.73 Å². The molecule has 5 heteroatoms. The number of aliphatic carboxylic acids is 1. The highest BCUT2D eigenvalue weighted by atomic mass is 16.4. The Hall–Kier alpha value is -1.10. The molecular weight excluding hydrogens is 220 g/mol. The third kappa shape index (κ3) is 2.29. The Morgan fingerprint density at radius 2 is 2.18 bits per heavy atom. The predicted octanol–water partition coefficient (Wildman–Crippen LogP) is 0.437. The van der Waals surface area contributed by atoms with E-state index < -0.39 is 12.0 Å². The molecule has 1 heterocycles. The van der Waals surface area contributed by atoms with Gasteiger partial charge in [-0.15, -0.1) is 0 Å². The van der Waals surface area contributed by atoms with Gasteiger partial charge in [-0.3, -0.25) is 9.59 Å². The minimum Gasteiger partial charge on any atom is -0.481 e. The fourth-order valence-electron chi connectivity index (χ4n) is 3.20. The topological polar surface area (TPSA) is 83.6 Å². The van der Waals surface area contributed by atoms with Crippen LogP contribution in [0, 0.1) is 11.3 Å². The van der Waals surface area contributed by atoms with E-state index in [-0.39, 0.29) is 17.2 Å². The first kappa shape index (κ1) is 12.4. The van der Waals surface area contributed by atoms with Crippen LogP contribution in [-0.4, -0.2) is 41.0 Å². The molecule has 2 rings (SSSR count). The van der Waals surface area contributed by atoms with Crippen molar-refractivity contribution in [2.75, 3.05) is 13.1 Å². The molecule has 1 saturated heterocycles. The summed E-state index contributed by atoms with van der Waals surface area (Å²) in [5.74, 6) is -0.931. The zero-order valence-electron chi connectivity index (χ0n) is 10.2. The van der Waals surface area contributed by atoms with E-state index in [0.717, 1.165) is 25.8 Å². The lowest BCUT2D eigenvalue weighted by atomic mass is 9.84. The van der Waals surface area contributed by atoms with Crippen molar-refractivity contribution in [1.29, 1.82) is 0 Å². The van der Waals surface area contributed by atoms with E-state index in [1.165, 1.54) is 0 Å². The van der Waals surface area contributed by atoms with Crippen LogP contribution in [0.1, 0.15) is 32.6 Å². The van der Waals surface area contributed by atoms with Crippen molar-refractivity contribution in [3.05, 3.63) is 0 Å². The summed E-state index contributed by atoms with van der Waals surface area (Å²) in [5, 5.41) is 9.02. The van der Waals surface area contributed by atoms with Gasteiger partial charge in [0, 0.05) is 13.1 Å². The molecule has 5 nitrogen and oxygen atoms in total. The predicted molar refractivity (Wildman–Crippen MR) is 62.3 cm³/mol. The molecule has 2 aliphatic rings. The van der Waals surface area contributed by atoms with Gasteiger partial charge in [-0.2, -0.15) is 0 Å². The van der Waals surface area contributed by atoms with E-state index in [1.54, 1.807) is 11.8 Å². The van der Waals surface area contributed by atoms with Crippen LogP contribution in [0.25, 0.3) is 0 Å². The zero-order chi connectivity index (χ0) is 12.6. The Balaban J connectivity index is 1.98. The Kier molecular flexibility index (Phi) is 3.12. The molecule has 1 aliphatic heterocycles. The van der Waals surface area contributed by atoms with Crippen molar-refractivity contribution in [2.24, 2.45) is 17.1 Å². The number of nitrogens with two attached hydrogens (primary N) is 1. The molecule has 1 saturated carbocycles. The Labute approximate surface area is 101 Å². The molecule has 3 atom stereocenters. The highest BCUT2D eigenvalue weighted by molar-refractivity contribution is 5.81. The molecule has 0 bridgehead atoms. The Bertz CT molecular complexity index is 343. The lowest BCUT2D eigenvalue weighted by Gasteiger charge is -2.24. The average molecular weight is 240 g/mol. The van der Waals surface area contributed by atoms with Gasteiger partial charge in [-0.25, -0.2) is 0 Å². The second-order valence-electron chi connectivity index (χ2n) is 5.58. The molecule has 0 unspecified atom stereocenters. The molecule has 3 N–H and O–H groups in total. The largest absolute Gasteiger partial charge is 0.481 e. The summed E-state index contributed by atoms with van der Waals surface area (Å²) in [6.07, 6.45) is 3.31. The van der Waals surface area contributed by atoms with Crippen LogP contribution in [0.2, 0.25) is 0 Å². The van der Waals surface area contributed by atoms with Crippen LogP contribution in [0.15, 0.2) is 0 Å². The summed E-state index contributed by atoms with van der Waals surface area (Å²) in [6.45, 7) is 3.12. The smallest absolute Gasteiger partial charge is 0.306 e. The first-order valence-corrected chi connectivity index (χ1v) is 6.21. The number of carbonyl (C=O) groups excluding carboxylic acids is 1. The third-order valence-corrected chi connectivity index (χ3v) is 4.19. The first-order valence-electron chi connectivity index (χ1n) is 6.21. The van der Waals surface area contributed by atoms with Gasteiger partial charge in [0.2, 0.25) is 5.91 Å². The van der Waals surface area contributed by atoms with E-state index in [2.05, 4.69) is 0 Å². The lowest BCUT2D eigenvalue weighted by molar-refractivity contribution is -0.141. The van der Waals surface area contributed by atoms with Crippen molar-refractivity contribution in [3.63, 3.8) is 0 Å². The molecular formula is C12H20N2O3. The SMILES string of the molecule is C[C@@H](N)C(=O)N1CC[C@]2(CC[C@H](C(=O)O)C2)C1. The number of hydrogen-bond donors (Lipinski definition) is 2. The molecule has 1 aliphatic carbocycles. The standard InChI is InChI=1S/C12H20N2O3/c1-8(13)10(15)14-5-4-12(7-14)3-2-9(6-12)11(16)17/h8-9H,2-7,13H2,1H3,(H,16,17)/t8-,9+,12+/m1/s1. The van der Waals surface area contributed by atoms with Gasteiger partial charge in [0.15, 0.2) is 0 Å². The van der Waals surface area contributed by atoms with Gasteiger partial charge >= 0.3 is 5.97 Å². The van der Waals surface area contributed by atoms with Gasteiger partial charge in [0.05, 0.1) is 12.0 Å². The van der Waals surface area contributed by atoms with Gasteiger partial charge in [-0.1, -0.05) is 0 Å². The highest BCUT2D eigenvalue weighted by Crippen LogP contribution is 2.48. The van der Waals surface area contributed by atoms with Crippen molar-refractivity contribution in [2.45, 2.75) is 38.6 Å².